The number of fused-ring (bicyclic) bond motifs is 1. The molecule has 0 radical (unpaired) electrons. The van der Waals surface area contributed by atoms with Crippen LogP contribution in [-0.4, -0.2) is 22.9 Å². The SMILES string of the molecule is CC1(c2ccc(C(=O)NC3CC4=CCCC=C4C3)cc2)CCSC(N)=N1. The van der Waals surface area contributed by atoms with Crippen LogP contribution in [-0.2, 0) is 5.54 Å². The summed E-state index contributed by atoms with van der Waals surface area (Å²) < 4.78 is 0. The van der Waals surface area contributed by atoms with E-state index in [1.807, 2.05) is 24.3 Å². The highest BCUT2D eigenvalue weighted by Gasteiger charge is 2.30. The molecule has 1 saturated carbocycles. The summed E-state index contributed by atoms with van der Waals surface area (Å²) in [6.45, 7) is 2.11. The van der Waals surface area contributed by atoms with Gasteiger partial charge in [0.2, 0.25) is 0 Å². The average molecular weight is 368 g/mol. The number of aliphatic imine (C=N–C) groups is 1. The summed E-state index contributed by atoms with van der Waals surface area (Å²) in [6, 6.07) is 8.06. The van der Waals surface area contributed by atoms with Gasteiger partial charge in [0.05, 0.1) is 5.54 Å². The number of carbonyl (C=O) groups excluding carboxylic acids is 1. The van der Waals surface area contributed by atoms with Crippen molar-refractivity contribution < 1.29 is 4.79 Å². The molecule has 1 atom stereocenters. The van der Waals surface area contributed by atoms with Gasteiger partial charge in [0.25, 0.3) is 5.91 Å². The van der Waals surface area contributed by atoms with E-state index < -0.39 is 0 Å². The van der Waals surface area contributed by atoms with Crippen LogP contribution in [0.3, 0.4) is 0 Å². The molecule has 5 heteroatoms. The molecule has 4 rings (SSSR count). The van der Waals surface area contributed by atoms with Gasteiger partial charge in [-0.1, -0.05) is 36.0 Å². The lowest BCUT2D eigenvalue weighted by molar-refractivity contribution is 0.0939. The normalized spacial score (nSPS) is 25.8. The first kappa shape index (κ1) is 17.4. The zero-order chi connectivity index (χ0) is 18.1. The third-order valence-corrected chi connectivity index (χ3v) is 6.39. The van der Waals surface area contributed by atoms with E-state index in [0.29, 0.717) is 10.7 Å². The highest BCUT2D eigenvalue weighted by Crippen LogP contribution is 2.36. The van der Waals surface area contributed by atoms with Crippen LogP contribution < -0.4 is 11.1 Å². The van der Waals surface area contributed by atoms with Crippen LogP contribution >= 0.6 is 11.8 Å². The molecule has 0 saturated heterocycles. The van der Waals surface area contributed by atoms with Gasteiger partial charge in [0.15, 0.2) is 5.17 Å². The van der Waals surface area contributed by atoms with Crippen molar-refractivity contribution in [3.8, 4) is 0 Å². The topological polar surface area (TPSA) is 67.5 Å². The Morgan fingerprint density at radius 3 is 2.46 bits per heavy atom. The van der Waals surface area contributed by atoms with Gasteiger partial charge in [-0.05, 0) is 67.9 Å². The molecule has 3 N–H and O–H groups in total. The highest BCUT2D eigenvalue weighted by molar-refractivity contribution is 8.13. The highest BCUT2D eigenvalue weighted by atomic mass is 32.2. The summed E-state index contributed by atoms with van der Waals surface area (Å²) in [5.74, 6) is 0.982. The van der Waals surface area contributed by atoms with E-state index in [1.165, 1.54) is 11.1 Å². The second kappa shape index (κ2) is 6.95. The van der Waals surface area contributed by atoms with Gasteiger partial charge >= 0.3 is 0 Å². The van der Waals surface area contributed by atoms with Crippen LogP contribution in [0.5, 0.6) is 0 Å². The third kappa shape index (κ3) is 3.45. The summed E-state index contributed by atoms with van der Waals surface area (Å²) in [5.41, 5.74) is 10.3. The average Bonchev–Trinajstić information content (AvgIpc) is 3.04. The first-order valence-corrected chi connectivity index (χ1v) is 10.3. The van der Waals surface area contributed by atoms with E-state index >= 15 is 0 Å². The van der Waals surface area contributed by atoms with Crippen LogP contribution in [0, 0.1) is 0 Å². The lowest BCUT2D eigenvalue weighted by Gasteiger charge is -2.29. The lowest BCUT2D eigenvalue weighted by Crippen LogP contribution is -2.33. The first-order valence-electron chi connectivity index (χ1n) is 9.31. The van der Waals surface area contributed by atoms with E-state index in [1.54, 1.807) is 11.8 Å². The number of hydrogen-bond acceptors (Lipinski definition) is 4. The Labute approximate surface area is 159 Å². The van der Waals surface area contributed by atoms with E-state index in [0.717, 1.165) is 43.4 Å². The summed E-state index contributed by atoms with van der Waals surface area (Å²) in [6.07, 6.45) is 9.78. The van der Waals surface area contributed by atoms with E-state index in [9.17, 15) is 4.79 Å². The maximum Gasteiger partial charge on any atom is 0.251 e. The number of hydrogen-bond donors (Lipinski definition) is 2. The number of thioether (sulfide) groups is 1. The Bertz CT molecular complexity index is 787. The van der Waals surface area contributed by atoms with Crippen LogP contribution in [0.4, 0.5) is 0 Å². The van der Waals surface area contributed by atoms with Crippen molar-refractivity contribution in [1.82, 2.24) is 5.32 Å². The number of rotatable bonds is 3. The predicted octanol–water partition coefficient (Wildman–Crippen LogP) is 3.89. The van der Waals surface area contributed by atoms with Crippen molar-refractivity contribution in [1.29, 1.82) is 0 Å². The number of allylic oxidation sites excluding steroid dienone is 2. The smallest absolute Gasteiger partial charge is 0.251 e. The number of amides is 1. The molecule has 1 amide bonds. The Kier molecular flexibility index (Phi) is 4.65. The van der Waals surface area contributed by atoms with E-state index in [2.05, 4.69) is 29.4 Å². The van der Waals surface area contributed by atoms with Crippen LogP contribution in [0.1, 0.15) is 54.9 Å². The summed E-state index contributed by atoms with van der Waals surface area (Å²) in [4.78, 5) is 17.3. The van der Waals surface area contributed by atoms with E-state index in [-0.39, 0.29) is 17.5 Å². The van der Waals surface area contributed by atoms with Crippen LogP contribution in [0.15, 0.2) is 52.6 Å². The van der Waals surface area contributed by atoms with Gasteiger partial charge in [0.1, 0.15) is 0 Å². The Morgan fingerprint density at radius 1 is 1.19 bits per heavy atom. The van der Waals surface area contributed by atoms with Crippen molar-refractivity contribution in [2.75, 3.05) is 5.75 Å². The molecule has 136 valence electrons. The molecule has 1 unspecified atom stereocenters. The van der Waals surface area contributed by atoms with Crippen molar-refractivity contribution in [3.05, 3.63) is 58.7 Å². The second-order valence-electron chi connectivity index (χ2n) is 7.51. The van der Waals surface area contributed by atoms with Gasteiger partial charge in [-0.2, -0.15) is 0 Å². The summed E-state index contributed by atoms with van der Waals surface area (Å²) >= 11 is 1.60. The molecule has 0 aromatic heterocycles. The monoisotopic (exact) mass is 367 g/mol. The molecule has 3 aliphatic rings. The molecular formula is C21H25N3OS. The quantitative estimate of drug-likeness (QED) is 0.851. The summed E-state index contributed by atoms with van der Waals surface area (Å²) in [5, 5.41) is 3.84. The molecule has 0 bridgehead atoms. The second-order valence-corrected chi connectivity index (χ2v) is 8.63. The molecule has 1 heterocycles. The molecule has 1 aromatic rings. The van der Waals surface area contributed by atoms with Gasteiger partial charge in [-0.3, -0.25) is 9.79 Å². The van der Waals surface area contributed by atoms with Gasteiger partial charge in [-0.15, -0.1) is 0 Å². The number of amidine groups is 1. The molecule has 26 heavy (non-hydrogen) atoms. The van der Waals surface area contributed by atoms with Gasteiger partial charge in [0, 0.05) is 17.4 Å². The molecule has 1 aliphatic heterocycles. The number of nitrogens with zero attached hydrogens (tertiary/aromatic N) is 1. The molecule has 1 fully saturated rings. The molecule has 4 nitrogen and oxygen atoms in total. The molecular weight excluding hydrogens is 342 g/mol. The fraction of sp³-hybridized carbons (Fsp3) is 0.429. The predicted molar refractivity (Wildman–Crippen MR) is 108 cm³/mol. The minimum absolute atomic E-state index is 0.00812. The zero-order valence-corrected chi connectivity index (χ0v) is 15.9. The molecule has 2 aliphatic carbocycles. The largest absolute Gasteiger partial charge is 0.379 e. The fourth-order valence-electron chi connectivity index (χ4n) is 4.06. The fourth-order valence-corrected chi connectivity index (χ4v) is 5.03. The number of benzene rings is 1. The van der Waals surface area contributed by atoms with Crippen molar-refractivity contribution in [2.45, 2.75) is 50.6 Å². The standard InChI is InChI=1S/C21H25N3OS/c1-21(10-11-26-20(22)24-21)17-8-6-14(7-9-17)19(25)23-18-12-15-4-2-3-5-16(15)13-18/h4-9,18H,2-3,10-13H2,1H3,(H2,22,24)(H,23,25). The molecule has 0 spiro atoms. The van der Waals surface area contributed by atoms with Crippen molar-refractivity contribution in [2.24, 2.45) is 10.7 Å². The van der Waals surface area contributed by atoms with Crippen molar-refractivity contribution >= 4 is 22.8 Å². The van der Waals surface area contributed by atoms with Crippen molar-refractivity contribution in [3.63, 3.8) is 0 Å². The number of nitrogens with two attached hydrogens (primary N) is 1. The molecule has 1 aromatic carbocycles. The Morgan fingerprint density at radius 2 is 1.85 bits per heavy atom. The van der Waals surface area contributed by atoms with Gasteiger partial charge in [-0.25, -0.2) is 0 Å². The number of carbonyl (C=O) groups is 1. The zero-order valence-electron chi connectivity index (χ0n) is 15.1. The maximum absolute atomic E-state index is 12.6. The maximum atomic E-state index is 12.6. The van der Waals surface area contributed by atoms with Gasteiger partial charge < -0.3 is 11.1 Å². The first-order chi connectivity index (χ1) is 12.5. The minimum Gasteiger partial charge on any atom is -0.379 e. The third-order valence-electron chi connectivity index (χ3n) is 5.59. The Hall–Kier alpha value is -2.01. The van der Waals surface area contributed by atoms with Crippen LogP contribution in [0.2, 0.25) is 0 Å². The number of nitrogens with one attached hydrogen (secondary N) is 1. The van der Waals surface area contributed by atoms with E-state index in [4.69, 9.17) is 5.73 Å². The Balaban J connectivity index is 1.44. The lowest BCUT2D eigenvalue weighted by atomic mass is 9.89. The summed E-state index contributed by atoms with van der Waals surface area (Å²) in [7, 11) is 0. The van der Waals surface area contributed by atoms with Crippen LogP contribution in [0.25, 0.3) is 0 Å². The minimum atomic E-state index is -0.287.